The van der Waals surface area contributed by atoms with Gasteiger partial charge in [0, 0.05) is 29.1 Å². The van der Waals surface area contributed by atoms with Crippen molar-refractivity contribution in [2.45, 2.75) is 50.8 Å². The number of nitrogens with one attached hydrogen (secondary N) is 2. The van der Waals surface area contributed by atoms with Crippen molar-refractivity contribution in [2.24, 2.45) is 5.73 Å². The number of hydrogen-bond acceptors (Lipinski definition) is 6. The Morgan fingerprint density at radius 1 is 1.42 bits per heavy atom. The number of nitrogens with two attached hydrogens (primary N) is 1. The molecule has 0 atom stereocenters. The third kappa shape index (κ3) is 4.79. The summed E-state index contributed by atoms with van der Waals surface area (Å²) in [6.45, 7) is 4.21. The molecule has 1 amide bonds. The van der Waals surface area contributed by atoms with E-state index in [0.29, 0.717) is 30.3 Å². The summed E-state index contributed by atoms with van der Waals surface area (Å²) in [5.41, 5.74) is 6.41. The van der Waals surface area contributed by atoms with Crippen LogP contribution in [0.4, 0.5) is 0 Å². The molecule has 3 rings (SSSR count). The highest BCUT2D eigenvalue weighted by atomic mass is 35.5. The van der Waals surface area contributed by atoms with E-state index in [9.17, 15) is 9.59 Å². The molecule has 2 heterocycles. The fraction of sp³-hybridized carbons (Fsp3) is 0.588. The minimum atomic E-state index is -0.376. The number of amides is 1. The van der Waals surface area contributed by atoms with Gasteiger partial charge in [0.25, 0.3) is 5.56 Å². The predicted octanol–water partition coefficient (Wildman–Crippen LogP) is 2.37. The maximum atomic E-state index is 12.4. The van der Waals surface area contributed by atoms with E-state index < -0.39 is 0 Å². The number of aromatic nitrogens is 2. The number of hydrogen-bond donors (Lipinski definition) is 3. The van der Waals surface area contributed by atoms with E-state index in [0.717, 1.165) is 29.5 Å². The van der Waals surface area contributed by atoms with Crippen LogP contribution in [0, 0.1) is 0 Å². The van der Waals surface area contributed by atoms with E-state index in [1.807, 2.05) is 13.8 Å². The first kappa shape index (κ1) is 21.2. The number of H-pyrrole nitrogens is 1. The van der Waals surface area contributed by atoms with Gasteiger partial charge in [0.2, 0.25) is 5.91 Å². The summed E-state index contributed by atoms with van der Waals surface area (Å²) < 4.78 is 0. The number of nitrogens with zero attached hydrogens (tertiary/aromatic N) is 1. The summed E-state index contributed by atoms with van der Waals surface area (Å²) in [4.78, 5) is 34.0. The van der Waals surface area contributed by atoms with Crippen LogP contribution >= 0.6 is 35.5 Å². The first-order valence-electron chi connectivity index (χ1n) is 8.52. The van der Waals surface area contributed by atoms with Gasteiger partial charge in [-0.25, -0.2) is 4.98 Å². The van der Waals surface area contributed by atoms with Crippen LogP contribution in [0.1, 0.15) is 43.0 Å². The second-order valence-corrected chi connectivity index (χ2v) is 9.18. The molecule has 0 spiro atoms. The minimum Gasteiger partial charge on any atom is -0.350 e. The lowest BCUT2D eigenvalue weighted by Crippen LogP contribution is -2.48. The molecular formula is C17H25ClN4O2S2. The SMILES string of the molecule is CC(C)(CN)NC(=O)CCSCc1nc2sc3c(c2c(=O)[nH]1)CCC3.Cl. The van der Waals surface area contributed by atoms with Crippen LogP contribution in [0.2, 0.25) is 0 Å². The monoisotopic (exact) mass is 416 g/mol. The predicted molar refractivity (Wildman–Crippen MR) is 112 cm³/mol. The Morgan fingerprint density at radius 3 is 2.92 bits per heavy atom. The Morgan fingerprint density at radius 2 is 2.19 bits per heavy atom. The van der Waals surface area contributed by atoms with Crippen molar-refractivity contribution in [3.63, 3.8) is 0 Å². The van der Waals surface area contributed by atoms with E-state index in [1.54, 1.807) is 23.1 Å². The molecule has 0 fully saturated rings. The third-order valence-corrected chi connectivity index (χ3v) is 6.48. The van der Waals surface area contributed by atoms with Gasteiger partial charge in [-0.3, -0.25) is 9.59 Å². The highest BCUT2D eigenvalue weighted by molar-refractivity contribution is 7.98. The van der Waals surface area contributed by atoms with Crippen LogP contribution in [0.3, 0.4) is 0 Å². The van der Waals surface area contributed by atoms with Crippen LogP contribution in [0.15, 0.2) is 4.79 Å². The van der Waals surface area contributed by atoms with E-state index in [4.69, 9.17) is 5.73 Å². The lowest BCUT2D eigenvalue weighted by Gasteiger charge is -2.24. The van der Waals surface area contributed by atoms with Gasteiger partial charge in [0.1, 0.15) is 10.7 Å². The number of thioether (sulfide) groups is 1. The summed E-state index contributed by atoms with van der Waals surface area (Å²) in [5.74, 6) is 1.95. The molecular weight excluding hydrogens is 392 g/mol. The van der Waals surface area contributed by atoms with Crippen molar-refractivity contribution in [1.82, 2.24) is 15.3 Å². The lowest BCUT2D eigenvalue weighted by molar-refractivity contribution is -0.122. The van der Waals surface area contributed by atoms with Crippen molar-refractivity contribution in [2.75, 3.05) is 12.3 Å². The molecule has 0 saturated heterocycles. The zero-order chi connectivity index (χ0) is 18.0. The molecule has 0 aromatic carbocycles. The Bertz CT molecular complexity index is 847. The zero-order valence-corrected chi connectivity index (χ0v) is 17.5. The number of aromatic amines is 1. The van der Waals surface area contributed by atoms with Crippen LogP contribution in [-0.4, -0.2) is 33.7 Å². The summed E-state index contributed by atoms with van der Waals surface area (Å²) in [5, 5.41) is 3.70. The molecule has 2 aromatic rings. The molecule has 9 heteroatoms. The van der Waals surface area contributed by atoms with Crippen molar-refractivity contribution in [1.29, 1.82) is 0 Å². The van der Waals surface area contributed by atoms with Crippen molar-refractivity contribution < 1.29 is 4.79 Å². The first-order chi connectivity index (χ1) is 11.9. The zero-order valence-electron chi connectivity index (χ0n) is 15.0. The summed E-state index contributed by atoms with van der Waals surface area (Å²) in [6.07, 6.45) is 3.61. The van der Waals surface area contributed by atoms with Crippen LogP contribution in [0.5, 0.6) is 0 Å². The Hall–Kier alpha value is -1.09. The largest absolute Gasteiger partial charge is 0.350 e. The summed E-state index contributed by atoms with van der Waals surface area (Å²) >= 11 is 3.25. The molecule has 2 aromatic heterocycles. The number of fused-ring (bicyclic) bond motifs is 3. The normalized spacial score (nSPS) is 13.5. The van der Waals surface area contributed by atoms with Crippen LogP contribution < -0.4 is 16.6 Å². The minimum absolute atomic E-state index is 0. The number of rotatable bonds is 7. The third-order valence-electron chi connectivity index (χ3n) is 4.32. The number of aryl methyl sites for hydroxylation is 2. The summed E-state index contributed by atoms with van der Waals surface area (Å²) in [6, 6.07) is 0. The fourth-order valence-electron chi connectivity index (χ4n) is 2.94. The van der Waals surface area contributed by atoms with E-state index >= 15 is 0 Å². The van der Waals surface area contributed by atoms with Gasteiger partial charge in [-0.15, -0.1) is 23.7 Å². The first-order valence-corrected chi connectivity index (χ1v) is 10.5. The van der Waals surface area contributed by atoms with Crippen molar-refractivity contribution >= 4 is 51.6 Å². The molecule has 1 aliphatic rings. The lowest BCUT2D eigenvalue weighted by atomic mass is 10.1. The van der Waals surface area contributed by atoms with Crippen molar-refractivity contribution in [3.05, 3.63) is 26.6 Å². The van der Waals surface area contributed by atoms with E-state index in [-0.39, 0.29) is 29.4 Å². The van der Waals surface area contributed by atoms with Crippen LogP contribution in [-0.2, 0) is 23.4 Å². The van der Waals surface area contributed by atoms with Gasteiger partial charge in [-0.05, 0) is 38.7 Å². The molecule has 0 radical (unpaired) electrons. The van der Waals surface area contributed by atoms with Crippen LogP contribution in [0.25, 0.3) is 10.2 Å². The molecule has 0 aliphatic heterocycles. The Balaban J connectivity index is 0.00000243. The molecule has 0 bridgehead atoms. The van der Waals surface area contributed by atoms with Gasteiger partial charge in [0.15, 0.2) is 0 Å². The number of carbonyl (C=O) groups excluding carboxylic acids is 1. The Kier molecular flexibility index (Phi) is 7.12. The Labute approximate surface area is 167 Å². The van der Waals surface area contributed by atoms with Gasteiger partial charge in [-0.2, -0.15) is 11.8 Å². The van der Waals surface area contributed by atoms with Gasteiger partial charge < -0.3 is 16.0 Å². The molecule has 1 aliphatic carbocycles. The maximum absolute atomic E-state index is 12.4. The molecule has 0 unspecified atom stereocenters. The topological polar surface area (TPSA) is 101 Å². The van der Waals surface area contributed by atoms with Crippen molar-refractivity contribution in [3.8, 4) is 0 Å². The molecule has 26 heavy (non-hydrogen) atoms. The van der Waals surface area contributed by atoms with Gasteiger partial charge in [-0.1, -0.05) is 0 Å². The maximum Gasteiger partial charge on any atom is 0.259 e. The molecule has 144 valence electrons. The fourth-order valence-corrected chi connectivity index (χ4v) is 5.02. The standard InChI is InChI=1S/C17H24N4O2S2.ClH/c1-17(2,9-18)21-13(22)6-7-24-8-12-19-15(23)14-10-4-3-5-11(10)25-16(14)20-12;/h3-9,18H2,1-2H3,(H,21,22)(H,19,20,23);1H. The molecule has 6 nitrogen and oxygen atoms in total. The number of carbonyl (C=O) groups is 1. The highest BCUT2D eigenvalue weighted by Crippen LogP contribution is 2.34. The average molecular weight is 417 g/mol. The number of thiophene rings is 1. The second kappa shape index (κ2) is 8.73. The van der Waals surface area contributed by atoms with E-state index in [1.165, 1.54) is 10.4 Å². The molecule has 0 saturated carbocycles. The van der Waals surface area contributed by atoms with Gasteiger partial charge in [0.05, 0.1) is 11.1 Å². The smallest absolute Gasteiger partial charge is 0.259 e. The molecule has 4 N–H and O–H groups in total. The quantitative estimate of drug-likeness (QED) is 0.601. The highest BCUT2D eigenvalue weighted by Gasteiger charge is 2.21. The summed E-state index contributed by atoms with van der Waals surface area (Å²) in [7, 11) is 0. The number of halogens is 1. The van der Waals surface area contributed by atoms with E-state index in [2.05, 4.69) is 15.3 Å². The average Bonchev–Trinajstić information content (AvgIpc) is 3.11. The van der Waals surface area contributed by atoms with Gasteiger partial charge >= 0.3 is 0 Å². The second-order valence-electron chi connectivity index (χ2n) is 6.99.